The van der Waals surface area contributed by atoms with E-state index in [0.717, 1.165) is 32.1 Å². The Bertz CT molecular complexity index is 583. The van der Waals surface area contributed by atoms with Crippen LogP contribution in [0.4, 0.5) is 5.69 Å². The predicted octanol–water partition coefficient (Wildman–Crippen LogP) is 4.02. The van der Waals surface area contributed by atoms with Crippen LogP contribution in [-0.2, 0) is 12.8 Å². The molecule has 0 fully saturated rings. The molecule has 2 rings (SSSR count). The number of nitrogen functional groups attached to an aromatic ring is 1. The molecular weight excluding hydrogens is 334 g/mol. The SMILES string of the molecule is Cc1nn(C)c(Cl)c1CSc1ccc(N)cc1Br. The molecule has 3 nitrogen and oxygen atoms in total. The van der Waals surface area contributed by atoms with Crippen LogP contribution in [0, 0.1) is 6.92 Å². The van der Waals surface area contributed by atoms with Crippen LogP contribution >= 0.6 is 39.3 Å². The van der Waals surface area contributed by atoms with E-state index in [4.69, 9.17) is 17.3 Å². The molecule has 96 valence electrons. The highest BCUT2D eigenvalue weighted by molar-refractivity contribution is 9.10. The highest BCUT2D eigenvalue weighted by Gasteiger charge is 2.12. The van der Waals surface area contributed by atoms with Gasteiger partial charge in [-0.3, -0.25) is 4.68 Å². The van der Waals surface area contributed by atoms with Gasteiger partial charge in [0.1, 0.15) is 5.15 Å². The summed E-state index contributed by atoms with van der Waals surface area (Å²) in [5.74, 6) is 0.793. The molecule has 6 heteroatoms. The van der Waals surface area contributed by atoms with Gasteiger partial charge in [-0.1, -0.05) is 11.6 Å². The van der Waals surface area contributed by atoms with Crippen LogP contribution < -0.4 is 5.73 Å². The van der Waals surface area contributed by atoms with Gasteiger partial charge in [-0.15, -0.1) is 11.8 Å². The van der Waals surface area contributed by atoms with Crippen molar-refractivity contribution in [1.29, 1.82) is 0 Å². The lowest BCUT2D eigenvalue weighted by Gasteiger charge is -2.05. The monoisotopic (exact) mass is 345 g/mol. The summed E-state index contributed by atoms with van der Waals surface area (Å²) in [6.07, 6.45) is 0. The number of hydrogen-bond acceptors (Lipinski definition) is 3. The number of hydrogen-bond donors (Lipinski definition) is 1. The summed E-state index contributed by atoms with van der Waals surface area (Å²) in [7, 11) is 1.85. The zero-order chi connectivity index (χ0) is 13.3. The van der Waals surface area contributed by atoms with E-state index < -0.39 is 0 Å². The average Bonchev–Trinajstić information content (AvgIpc) is 2.53. The van der Waals surface area contributed by atoms with Gasteiger partial charge in [0.05, 0.1) is 5.69 Å². The minimum Gasteiger partial charge on any atom is -0.399 e. The minimum absolute atomic E-state index is 0.701. The Morgan fingerprint density at radius 2 is 2.22 bits per heavy atom. The second-order valence-corrected chi connectivity index (χ2v) is 6.19. The van der Waals surface area contributed by atoms with Gasteiger partial charge < -0.3 is 5.73 Å². The second kappa shape index (κ2) is 5.55. The molecule has 0 aliphatic heterocycles. The predicted molar refractivity (Wildman–Crippen MR) is 81.1 cm³/mol. The number of benzene rings is 1. The fourth-order valence-electron chi connectivity index (χ4n) is 1.62. The third-order valence-electron chi connectivity index (χ3n) is 2.60. The van der Waals surface area contributed by atoms with Gasteiger partial charge in [-0.25, -0.2) is 0 Å². The van der Waals surface area contributed by atoms with E-state index in [2.05, 4.69) is 21.0 Å². The van der Waals surface area contributed by atoms with Crippen LogP contribution in [0.3, 0.4) is 0 Å². The van der Waals surface area contributed by atoms with Crippen molar-refractivity contribution in [2.24, 2.45) is 7.05 Å². The number of aromatic nitrogens is 2. The van der Waals surface area contributed by atoms with Crippen LogP contribution in [0.2, 0.25) is 5.15 Å². The molecule has 0 amide bonds. The van der Waals surface area contributed by atoms with Gasteiger partial charge in [0.25, 0.3) is 0 Å². The van der Waals surface area contributed by atoms with Gasteiger partial charge in [0.15, 0.2) is 0 Å². The summed E-state index contributed by atoms with van der Waals surface area (Å²) in [5.41, 5.74) is 8.51. The Kier molecular flexibility index (Phi) is 4.25. The first-order chi connectivity index (χ1) is 8.49. The molecule has 0 spiro atoms. The normalized spacial score (nSPS) is 10.9. The van der Waals surface area contributed by atoms with Gasteiger partial charge in [-0.05, 0) is 41.1 Å². The van der Waals surface area contributed by atoms with Crippen molar-refractivity contribution in [3.05, 3.63) is 39.1 Å². The second-order valence-electron chi connectivity index (χ2n) is 3.96. The Hall–Kier alpha value is -0.650. The summed E-state index contributed by atoms with van der Waals surface area (Å²) >= 11 is 11.4. The van der Waals surface area contributed by atoms with Crippen LogP contribution in [0.1, 0.15) is 11.3 Å². The standard InChI is InChI=1S/C12H13BrClN3S/c1-7-9(12(14)17(2)16-7)6-18-11-4-3-8(15)5-10(11)13/h3-5H,6,15H2,1-2H3. The topological polar surface area (TPSA) is 43.8 Å². The molecule has 0 aliphatic rings. The van der Waals surface area contributed by atoms with E-state index in [9.17, 15) is 0 Å². The maximum atomic E-state index is 6.20. The largest absolute Gasteiger partial charge is 0.399 e. The van der Waals surface area contributed by atoms with Gasteiger partial charge in [0, 0.05) is 33.4 Å². The van der Waals surface area contributed by atoms with Crippen LogP contribution in [0.25, 0.3) is 0 Å². The smallest absolute Gasteiger partial charge is 0.131 e. The number of nitrogens with two attached hydrogens (primary N) is 1. The molecule has 0 radical (unpaired) electrons. The number of rotatable bonds is 3. The molecule has 2 aromatic rings. The lowest BCUT2D eigenvalue weighted by atomic mass is 10.3. The number of aryl methyl sites for hydroxylation is 2. The molecule has 1 heterocycles. The Balaban J connectivity index is 2.16. The van der Waals surface area contributed by atoms with Crippen molar-refractivity contribution >= 4 is 45.0 Å². The third-order valence-corrected chi connectivity index (χ3v) is 5.09. The van der Waals surface area contributed by atoms with Crippen molar-refractivity contribution < 1.29 is 0 Å². The Morgan fingerprint density at radius 3 is 2.78 bits per heavy atom. The van der Waals surface area contributed by atoms with Crippen molar-refractivity contribution in [3.63, 3.8) is 0 Å². The fourth-order valence-corrected chi connectivity index (χ4v) is 3.69. The summed E-state index contributed by atoms with van der Waals surface area (Å²) in [4.78, 5) is 1.14. The average molecular weight is 347 g/mol. The zero-order valence-corrected chi connectivity index (χ0v) is 13.2. The molecular formula is C12H13BrClN3S. The molecule has 18 heavy (non-hydrogen) atoms. The highest BCUT2D eigenvalue weighted by atomic mass is 79.9. The van der Waals surface area contributed by atoms with E-state index >= 15 is 0 Å². The first kappa shape index (κ1) is 13.8. The fraction of sp³-hybridized carbons (Fsp3) is 0.250. The van der Waals surface area contributed by atoms with Crippen LogP contribution in [0.5, 0.6) is 0 Å². The van der Waals surface area contributed by atoms with Crippen molar-refractivity contribution in [2.45, 2.75) is 17.6 Å². The van der Waals surface area contributed by atoms with E-state index in [1.54, 1.807) is 16.4 Å². The summed E-state index contributed by atoms with van der Waals surface area (Å²) in [6, 6.07) is 5.80. The molecule has 0 bridgehead atoms. The quantitative estimate of drug-likeness (QED) is 0.674. The van der Waals surface area contributed by atoms with Crippen LogP contribution in [-0.4, -0.2) is 9.78 Å². The number of nitrogens with zero attached hydrogens (tertiary/aromatic N) is 2. The number of thioether (sulfide) groups is 1. The Morgan fingerprint density at radius 1 is 1.50 bits per heavy atom. The van der Waals surface area contributed by atoms with E-state index in [1.165, 1.54) is 0 Å². The molecule has 2 N–H and O–H groups in total. The lowest BCUT2D eigenvalue weighted by molar-refractivity contribution is 0.757. The van der Waals surface area contributed by atoms with Crippen molar-refractivity contribution in [3.8, 4) is 0 Å². The van der Waals surface area contributed by atoms with Gasteiger partial charge in [-0.2, -0.15) is 5.10 Å². The van der Waals surface area contributed by atoms with Gasteiger partial charge in [0.2, 0.25) is 0 Å². The van der Waals surface area contributed by atoms with E-state index in [1.807, 2.05) is 32.2 Å². The molecule has 0 unspecified atom stereocenters. The molecule has 0 atom stereocenters. The minimum atomic E-state index is 0.701. The van der Waals surface area contributed by atoms with E-state index in [-0.39, 0.29) is 0 Å². The molecule has 0 saturated heterocycles. The molecule has 1 aromatic heterocycles. The van der Waals surface area contributed by atoms with E-state index in [0.29, 0.717) is 5.15 Å². The maximum Gasteiger partial charge on any atom is 0.131 e. The number of halogens is 2. The summed E-state index contributed by atoms with van der Waals surface area (Å²) in [6.45, 7) is 1.97. The lowest BCUT2D eigenvalue weighted by Crippen LogP contribution is -1.89. The third kappa shape index (κ3) is 2.84. The Labute approximate surface area is 124 Å². The summed E-state index contributed by atoms with van der Waals surface area (Å²) < 4.78 is 2.70. The number of anilines is 1. The van der Waals surface area contributed by atoms with Crippen LogP contribution in [0.15, 0.2) is 27.6 Å². The maximum absolute atomic E-state index is 6.20. The summed E-state index contributed by atoms with van der Waals surface area (Å²) in [5, 5.41) is 5.00. The first-order valence-electron chi connectivity index (χ1n) is 5.35. The van der Waals surface area contributed by atoms with Crippen molar-refractivity contribution in [1.82, 2.24) is 9.78 Å². The molecule has 1 aromatic carbocycles. The highest BCUT2D eigenvalue weighted by Crippen LogP contribution is 2.33. The molecule has 0 aliphatic carbocycles. The van der Waals surface area contributed by atoms with Crippen molar-refractivity contribution in [2.75, 3.05) is 5.73 Å². The zero-order valence-electron chi connectivity index (χ0n) is 10.1. The van der Waals surface area contributed by atoms with Gasteiger partial charge >= 0.3 is 0 Å². The molecule has 0 saturated carbocycles. The first-order valence-corrected chi connectivity index (χ1v) is 7.50.